The van der Waals surface area contributed by atoms with E-state index in [9.17, 15) is 31.5 Å². The Morgan fingerprint density at radius 2 is 1.82 bits per heavy atom. The van der Waals surface area contributed by atoms with Gasteiger partial charge in [-0.25, -0.2) is 13.5 Å². The maximum atomic E-state index is 13.6. The van der Waals surface area contributed by atoms with Crippen molar-refractivity contribution in [3.05, 3.63) is 77.0 Å². The second-order valence-corrected chi connectivity index (χ2v) is 7.16. The highest BCUT2D eigenvalue weighted by Crippen LogP contribution is 2.31. The lowest BCUT2D eigenvalue weighted by Crippen LogP contribution is -2.26. The van der Waals surface area contributed by atoms with Gasteiger partial charge in [0.15, 0.2) is 0 Å². The van der Waals surface area contributed by atoms with Gasteiger partial charge in [-0.15, -0.1) is 0 Å². The van der Waals surface area contributed by atoms with Gasteiger partial charge >= 0.3 is 6.18 Å². The van der Waals surface area contributed by atoms with E-state index in [2.05, 4.69) is 15.7 Å². The Labute approximate surface area is 185 Å². The Bertz CT molecular complexity index is 1170. The second kappa shape index (κ2) is 9.80. The van der Waals surface area contributed by atoms with Gasteiger partial charge in [0.05, 0.1) is 22.5 Å². The van der Waals surface area contributed by atoms with Crippen LogP contribution in [0.3, 0.4) is 0 Å². The van der Waals surface area contributed by atoms with Crippen molar-refractivity contribution in [3.63, 3.8) is 0 Å². The van der Waals surface area contributed by atoms with Crippen LogP contribution in [-0.2, 0) is 11.0 Å². The summed E-state index contributed by atoms with van der Waals surface area (Å²) in [5.41, 5.74) is -0.557. The third-order valence-corrected chi connectivity index (χ3v) is 4.56. The van der Waals surface area contributed by atoms with E-state index in [1.54, 1.807) is 6.92 Å². The molecule has 0 saturated carbocycles. The summed E-state index contributed by atoms with van der Waals surface area (Å²) in [6.07, 6.45) is -4.35. The topological polar surface area (TPSA) is 76.0 Å². The predicted octanol–water partition coefficient (Wildman–Crippen LogP) is 4.63. The van der Waals surface area contributed by atoms with E-state index in [0.29, 0.717) is 11.8 Å². The third-order valence-electron chi connectivity index (χ3n) is 4.56. The molecule has 0 aliphatic heterocycles. The molecule has 2 N–H and O–H groups in total. The number of aryl methyl sites for hydroxylation is 1. The number of nitrogens with zero attached hydrogens (tertiary/aromatic N) is 2. The van der Waals surface area contributed by atoms with E-state index < -0.39 is 35.2 Å². The normalized spacial score (nSPS) is 11.3. The first kappa shape index (κ1) is 23.9. The summed E-state index contributed by atoms with van der Waals surface area (Å²) in [5.74, 6) is -2.81. The Morgan fingerprint density at radius 3 is 2.52 bits per heavy atom. The van der Waals surface area contributed by atoms with Gasteiger partial charge in [-0.05, 0) is 43.7 Å². The van der Waals surface area contributed by atoms with Crippen molar-refractivity contribution in [3.8, 4) is 5.69 Å². The standard InChI is InChI=1S/C22H19F5N4O2/c1-13-10-19(31(30-13)16-5-2-4-14(11-16)22(25,26)27)29-20(32)6-3-9-28-21(33)17-8-7-15(23)12-18(17)24/h2,4-5,7-8,10-12H,3,6,9H2,1H3,(H,28,33)(H,29,32). The quantitative estimate of drug-likeness (QED) is 0.394. The van der Waals surface area contributed by atoms with Crippen molar-refractivity contribution < 1.29 is 31.5 Å². The number of carbonyl (C=O) groups is 2. The van der Waals surface area contributed by atoms with Gasteiger partial charge in [-0.3, -0.25) is 9.59 Å². The molecule has 0 radical (unpaired) electrons. The zero-order chi connectivity index (χ0) is 24.2. The minimum Gasteiger partial charge on any atom is -0.352 e. The van der Waals surface area contributed by atoms with E-state index in [1.807, 2.05) is 0 Å². The van der Waals surface area contributed by atoms with E-state index in [-0.39, 0.29) is 36.5 Å². The molecule has 0 aliphatic rings. The average molecular weight is 466 g/mol. The number of alkyl halides is 3. The summed E-state index contributed by atoms with van der Waals surface area (Å²) in [6, 6.07) is 8.62. The summed E-state index contributed by atoms with van der Waals surface area (Å²) in [6.45, 7) is 1.68. The number of carbonyl (C=O) groups excluding carboxylic acids is 2. The molecule has 0 saturated heterocycles. The number of hydrogen-bond acceptors (Lipinski definition) is 3. The molecule has 11 heteroatoms. The molecule has 2 aromatic carbocycles. The third kappa shape index (κ3) is 6.15. The SMILES string of the molecule is Cc1cc(NC(=O)CCCNC(=O)c2ccc(F)cc2F)n(-c2cccc(C(F)(F)F)c2)n1. The number of amides is 2. The molecule has 0 atom stereocenters. The maximum Gasteiger partial charge on any atom is 0.416 e. The Hall–Kier alpha value is -3.76. The van der Waals surface area contributed by atoms with Crippen molar-refractivity contribution >= 4 is 17.6 Å². The molecule has 33 heavy (non-hydrogen) atoms. The molecule has 0 spiro atoms. The minimum absolute atomic E-state index is 0.0288. The molecule has 0 fully saturated rings. The molecule has 0 aliphatic carbocycles. The number of nitrogens with one attached hydrogen (secondary N) is 2. The molecule has 0 unspecified atom stereocenters. The van der Waals surface area contributed by atoms with Gasteiger partial charge in [0.1, 0.15) is 17.5 Å². The smallest absolute Gasteiger partial charge is 0.352 e. The average Bonchev–Trinajstić information content (AvgIpc) is 3.10. The van der Waals surface area contributed by atoms with Crippen molar-refractivity contribution in [2.24, 2.45) is 0 Å². The van der Waals surface area contributed by atoms with E-state index >= 15 is 0 Å². The van der Waals surface area contributed by atoms with E-state index in [1.165, 1.54) is 22.9 Å². The number of anilines is 1. The van der Waals surface area contributed by atoms with Crippen LogP contribution < -0.4 is 10.6 Å². The fourth-order valence-electron chi connectivity index (χ4n) is 3.02. The summed E-state index contributed by atoms with van der Waals surface area (Å²) in [7, 11) is 0. The number of benzene rings is 2. The lowest BCUT2D eigenvalue weighted by Gasteiger charge is -2.12. The molecule has 6 nitrogen and oxygen atoms in total. The van der Waals surface area contributed by atoms with Gasteiger partial charge in [-0.1, -0.05) is 6.07 Å². The van der Waals surface area contributed by atoms with Crippen molar-refractivity contribution in [1.82, 2.24) is 15.1 Å². The molecule has 1 heterocycles. The van der Waals surface area contributed by atoms with Crippen LogP contribution in [0, 0.1) is 18.6 Å². The monoisotopic (exact) mass is 466 g/mol. The van der Waals surface area contributed by atoms with Gasteiger partial charge in [0, 0.05) is 25.1 Å². The Morgan fingerprint density at radius 1 is 1.06 bits per heavy atom. The first-order valence-electron chi connectivity index (χ1n) is 9.82. The first-order chi connectivity index (χ1) is 15.5. The number of halogens is 5. The minimum atomic E-state index is -4.52. The highest BCUT2D eigenvalue weighted by Gasteiger charge is 2.30. The summed E-state index contributed by atoms with van der Waals surface area (Å²) in [4.78, 5) is 24.2. The lowest BCUT2D eigenvalue weighted by molar-refractivity contribution is -0.137. The molecular weight excluding hydrogens is 447 g/mol. The van der Waals surface area contributed by atoms with Gasteiger partial charge in [0.2, 0.25) is 5.91 Å². The van der Waals surface area contributed by atoms with Gasteiger partial charge in [-0.2, -0.15) is 18.3 Å². The van der Waals surface area contributed by atoms with Crippen molar-refractivity contribution in [1.29, 1.82) is 0 Å². The van der Waals surface area contributed by atoms with Crippen LogP contribution in [-0.4, -0.2) is 28.1 Å². The summed E-state index contributed by atoms with van der Waals surface area (Å²) >= 11 is 0. The molecule has 2 amide bonds. The van der Waals surface area contributed by atoms with Crippen LogP contribution in [0.25, 0.3) is 5.69 Å². The van der Waals surface area contributed by atoms with Crippen molar-refractivity contribution in [2.45, 2.75) is 25.9 Å². The molecular formula is C22H19F5N4O2. The van der Waals surface area contributed by atoms with Crippen molar-refractivity contribution in [2.75, 3.05) is 11.9 Å². The highest BCUT2D eigenvalue weighted by molar-refractivity contribution is 5.94. The lowest BCUT2D eigenvalue weighted by atomic mass is 10.2. The molecule has 174 valence electrons. The number of rotatable bonds is 7. The molecule has 3 aromatic rings. The largest absolute Gasteiger partial charge is 0.416 e. The van der Waals surface area contributed by atoms with Crippen LogP contribution in [0.4, 0.5) is 27.8 Å². The summed E-state index contributed by atoms with van der Waals surface area (Å²) < 4.78 is 66.8. The van der Waals surface area contributed by atoms with Crippen LogP contribution in [0.1, 0.15) is 34.5 Å². The number of hydrogen-bond donors (Lipinski definition) is 2. The molecule has 0 bridgehead atoms. The fourth-order valence-corrected chi connectivity index (χ4v) is 3.02. The van der Waals surface area contributed by atoms with Crippen LogP contribution >= 0.6 is 0 Å². The fraction of sp³-hybridized carbons (Fsp3) is 0.227. The summed E-state index contributed by atoms with van der Waals surface area (Å²) in [5, 5.41) is 9.16. The molecule has 1 aromatic heterocycles. The first-order valence-corrected chi connectivity index (χ1v) is 9.82. The zero-order valence-corrected chi connectivity index (χ0v) is 17.3. The van der Waals surface area contributed by atoms with Gasteiger partial charge in [0.25, 0.3) is 5.91 Å². The maximum absolute atomic E-state index is 13.6. The second-order valence-electron chi connectivity index (χ2n) is 7.16. The Balaban J connectivity index is 1.58. The van der Waals surface area contributed by atoms with Crippen LogP contribution in [0.5, 0.6) is 0 Å². The van der Waals surface area contributed by atoms with E-state index in [0.717, 1.165) is 24.3 Å². The zero-order valence-electron chi connectivity index (χ0n) is 17.3. The highest BCUT2D eigenvalue weighted by atomic mass is 19.4. The van der Waals surface area contributed by atoms with Gasteiger partial charge < -0.3 is 10.6 Å². The van der Waals surface area contributed by atoms with Crippen LogP contribution in [0.2, 0.25) is 0 Å². The molecule has 3 rings (SSSR count). The van der Waals surface area contributed by atoms with Crippen LogP contribution in [0.15, 0.2) is 48.5 Å². The Kier molecular flexibility index (Phi) is 7.10. The van der Waals surface area contributed by atoms with E-state index in [4.69, 9.17) is 0 Å². The number of aromatic nitrogens is 2. The predicted molar refractivity (Wildman–Crippen MR) is 110 cm³/mol.